The van der Waals surface area contributed by atoms with Gasteiger partial charge in [-0.25, -0.2) is 0 Å². The van der Waals surface area contributed by atoms with Gasteiger partial charge in [0.1, 0.15) is 0 Å². The average Bonchev–Trinajstić information content (AvgIpc) is 2.39. The van der Waals surface area contributed by atoms with Crippen LogP contribution in [0.3, 0.4) is 0 Å². The molecule has 0 bridgehead atoms. The zero-order chi connectivity index (χ0) is 13.8. The minimum atomic E-state index is 0.163. The van der Waals surface area contributed by atoms with Gasteiger partial charge in [0.15, 0.2) is 5.78 Å². The summed E-state index contributed by atoms with van der Waals surface area (Å²) >= 11 is 0. The Balaban J connectivity index is 2.11. The number of benzene rings is 2. The second-order valence-electron chi connectivity index (χ2n) is 5.03. The van der Waals surface area contributed by atoms with Crippen LogP contribution in [-0.2, 0) is 6.42 Å². The molecule has 0 radical (unpaired) electrons. The lowest BCUT2D eigenvalue weighted by atomic mass is 10.0. The van der Waals surface area contributed by atoms with Gasteiger partial charge in [0.25, 0.3) is 0 Å². The van der Waals surface area contributed by atoms with Crippen molar-refractivity contribution in [3.05, 3.63) is 65.2 Å². The van der Waals surface area contributed by atoms with Gasteiger partial charge < -0.3 is 4.90 Å². The first-order valence-corrected chi connectivity index (χ1v) is 6.42. The fourth-order valence-corrected chi connectivity index (χ4v) is 2.06. The number of nitrogens with zero attached hydrogens (tertiary/aromatic N) is 1. The molecule has 0 aliphatic heterocycles. The summed E-state index contributed by atoms with van der Waals surface area (Å²) in [6, 6.07) is 15.8. The van der Waals surface area contributed by atoms with Crippen LogP contribution in [-0.4, -0.2) is 19.9 Å². The van der Waals surface area contributed by atoms with E-state index in [-0.39, 0.29) is 5.78 Å². The van der Waals surface area contributed by atoms with Crippen molar-refractivity contribution in [2.24, 2.45) is 0 Å². The van der Waals surface area contributed by atoms with Gasteiger partial charge in [-0.1, -0.05) is 29.8 Å². The highest BCUT2D eigenvalue weighted by Gasteiger charge is 2.07. The predicted molar refractivity (Wildman–Crippen MR) is 80.0 cm³/mol. The Morgan fingerprint density at radius 3 is 2.32 bits per heavy atom. The van der Waals surface area contributed by atoms with E-state index < -0.39 is 0 Å². The first kappa shape index (κ1) is 13.3. The van der Waals surface area contributed by atoms with Gasteiger partial charge in [-0.2, -0.15) is 0 Å². The van der Waals surface area contributed by atoms with E-state index in [4.69, 9.17) is 0 Å². The van der Waals surface area contributed by atoms with Gasteiger partial charge in [-0.3, -0.25) is 4.79 Å². The van der Waals surface area contributed by atoms with E-state index in [1.807, 2.05) is 68.4 Å². The Morgan fingerprint density at radius 2 is 1.74 bits per heavy atom. The summed E-state index contributed by atoms with van der Waals surface area (Å²) < 4.78 is 0. The van der Waals surface area contributed by atoms with Gasteiger partial charge in [0, 0.05) is 31.8 Å². The van der Waals surface area contributed by atoms with Crippen LogP contribution in [0.25, 0.3) is 0 Å². The molecule has 0 aliphatic rings. The van der Waals surface area contributed by atoms with Crippen LogP contribution >= 0.6 is 0 Å². The molecule has 2 rings (SSSR count). The second kappa shape index (κ2) is 5.70. The highest BCUT2D eigenvalue weighted by molar-refractivity contribution is 5.97. The Bertz CT molecular complexity index is 570. The quantitative estimate of drug-likeness (QED) is 0.777. The number of hydrogen-bond acceptors (Lipinski definition) is 2. The number of Topliss-reactive ketones (excluding diaryl/α,β-unsaturated/α-hetero) is 1. The smallest absolute Gasteiger partial charge is 0.167 e. The molecular formula is C17H19NO. The molecule has 0 unspecified atom stereocenters. The zero-order valence-electron chi connectivity index (χ0n) is 11.7. The number of aryl methyl sites for hydroxylation is 1. The molecule has 0 N–H and O–H groups in total. The summed E-state index contributed by atoms with van der Waals surface area (Å²) in [6.07, 6.45) is 0.461. The lowest BCUT2D eigenvalue weighted by molar-refractivity contribution is 0.0993. The number of anilines is 1. The summed E-state index contributed by atoms with van der Waals surface area (Å²) in [5, 5.41) is 0. The van der Waals surface area contributed by atoms with Gasteiger partial charge in [0.05, 0.1) is 0 Å². The molecule has 0 saturated heterocycles. The van der Waals surface area contributed by atoms with Crippen molar-refractivity contribution in [3.8, 4) is 0 Å². The van der Waals surface area contributed by atoms with E-state index in [0.717, 1.165) is 16.8 Å². The van der Waals surface area contributed by atoms with Crippen LogP contribution in [0.2, 0.25) is 0 Å². The van der Waals surface area contributed by atoms with E-state index in [2.05, 4.69) is 6.07 Å². The number of carbonyl (C=O) groups is 1. The maximum atomic E-state index is 12.2. The first-order valence-electron chi connectivity index (χ1n) is 6.42. The second-order valence-corrected chi connectivity index (χ2v) is 5.03. The molecule has 2 aromatic carbocycles. The van der Waals surface area contributed by atoms with E-state index in [1.54, 1.807) is 0 Å². The van der Waals surface area contributed by atoms with Crippen molar-refractivity contribution < 1.29 is 4.79 Å². The van der Waals surface area contributed by atoms with Crippen molar-refractivity contribution in [1.29, 1.82) is 0 Å². The fourth-order valence-electron chi connectivity index (χ4n) is 2.06. The Morgan fingerprint density at radius 1 is 1.05 bits per heavy atom. The highest BCUT2D eigenvalue weighted by atomic mass is 16.1. The Hall–Kier alpha value is -2.09. The van der Waals surface area contributed by atoms with E-state index in [9.17, 15) is 4.79 Å². The van der Waals surface area contributed by atoms with Crippen LogP contribution < -0.4 is 4.90 Å². The number of carbonyl (C=O) groups excluding carboxylic acids is 1. The number of ketones is 1. The largest absolute Gasteiger partial charge is 0.378 e. The van der Waals surface area contributed by atoms with Crippen LogP contribution in [0, 0.1) is 6.92 Å². The third-order valence-corrected chi connectivity index (χ3v) is 3.15. The monoisotopic (exact) mass is 253 g/mol. The van der Waals surface area contributed by atoms with Crippen LogP contribution in [0.15, 0.2) is 48.5 Å². The molecular weight excluding hydrogens is 234 g/mol. The summed E-state index contributed by atoms with van der Waals surface area (Å²) in [7, 11) is 3.98. The minimum Gasteiger partial charge on any atom is -0.378 e. The SMILES string of the molecule is Cc1cccc(CC(=O)c2ccc(N(C)C)cc2)c1. The van der Waals surface area contributed by atoms with Crippen molar-refractivity contribution in [2.75, 3.05) is 19.0 Å². The fraction of sp³-hybridized carbons (Fsp3) is 0.235. The third-order valence-electron chi connectivity index (χ3n) is 3.15. The minimum absolute atomic E-state index is 0.163. The van der Waals surface area contributed by atoms with Gasteiger partial charge in [-0.15, -0.1) is 0 Å². The Labute approximate surface area is 114 Å². The summed E-state index contributed by atoms with van der Waals surface area (Å²) in [6.45, 7) is 2.04. The molecule has 0 heterocycles. The van der Waals surface area contributed by atoms with Crippen molar-refractivity contribution in [1.82, 2.24) is 0 Å². The molecule has 2 heteroatoms. The number of hydrogen-bond donors (Lipinski definition) is 0. The molecule has 2 nitrogen and oxygen atoms in total. The molecule has 0 atom stereocenters. The summed E-state index contributed by atoms with van der Waals surface area (Å²) in [4.78, 5) is 14.2. The lowest BCUT2D eigenvalue weighted by Crippen LogP contribution is -2.09. The maximum absolute atomic E-state index is 12.2. The van der Waals surface area contributed by atoms with E-state index in [0.29, 0.717) is 6.42 Å². The lowest BCUT2D eigenvalue weighted by Gasteiger charge is -2.12. The highest BCUT2D eigenvalue weighted by Crippen LogP contribution is 2.14. The molecule has 2 aromatic rings. The standard InChI is InChI=1S/C17H19NO/c1-13-5-4-6-14(11-13)12-17(19)15-7-9-16(10-8-15)18(2)3/h4-11H,12H2,1-3H3. The predicted octanol–water partition coefficient (Wildman–Crippen LogP) is 3.49. The van der Waals surface area contributed by atoms with Crippen molar-refractivity contribution >= 4 is 11.5 Å². The zero-order valence-corrected chi connectivity index (χ0v) is 11.7. The summed E-state index contributed by atoms with van der Waals surface area (Å²) in [5.74, 6) is 0.163. The van der Waals surface area contributed by atoms with Gasteiger partial charge in [-0.05, 0) is 36.8 Å². The average molecular weight is 253 g/mol. The van der Waals surface area contributed by atoms with Crippen LogP contribution in [0.5, 0.6) is 0 Å². The summed E-state index contributed by atoms with van der Waals surface area (Å²) in [5.41, 5.74) is 4.13. The molecule has 98 valence electrons. The molecule has 19 heavy (non-hydrogen) atoms. The molecule has 0 fully saturated rings. The Kier molecular flexibility index (Phi) is 4.00. The number of rotatable bonds is 4. The topological polar surface area (TPSA) is 20.3 Å². The van der Waals surface area contributed by atoms with E-state index >= 15 is 0 Å². The maximum Gasteiger partial charge on any atom is 0.167 e. The van der Waals surface area contributed by atoms with E-state index in [1.165, 1.54) is 5.56 Å². The van der Waals surface area contributed by atoms with Gasteiger partial charge in [0.2, 0.25) is 0 Å². The van der Waals surface area contributed by atoms with Crippen molar-refractivity contribution in [3.63, 3.8) is 0 Å². The molecule has 0 spiro atoms. The first-order chi connectivity index (χ1) is 9.06. The normalized spacial score (nSPS) is 10.3. The third kappa shape index (κ3) is 3.44. The van der Waals surface area contributed by atoms with Crippen molar-refractivity contribution in [2.45, 2.75) is 13.3 Å². The molecule has 0 aromatic heterocycles. The molecule has 0 saturated carbocycles. The molecule has 0 amide bonds. The van der Waals surface area contributed by atoms with Crippen LogP contribution in [0.1, 0.15) is 21.5 Å². The van der Waals surface area contributed by atoms with Crippen LogP contribution in [0.4, 0.5) is 5.69 Å². The molecule has 0 aliphatic carbocycles. The van der Waals surface area contributed by atoms with Gasteiger partial charge >= 0.3 is 0 Å².